The van der Waals surface area contributed by atoms with Crippen LogP contribution in [0.3, 0.4) is 0 Å². The topological polar surface area (TPSA) is 21.3 Å². The molecule has 0 unspecified atom stereocenters. The highest BCUT2D eigenvalue weighted by atomic mass is 35.5. The van der Waals surface area contributed by atoms with Crippen LogP contribution in [0.4, 0.5) is 5.69 Å². The molecule has 0 spiro atoms. The molecule has 0 heterocycles. The minimum Gasteiger partial charge on any atom is -0.489 e. The molecule has 0 aliphatic rings. The van der Waals surface area contributed by atoms with Gasteiger partial charge in [-0.3, -0.25) is 0 Å². The summed E-state index contributed by atoms with van der Waals surface area (Å²) in [7, 11) is 0. The predicted octanol–water partition coefficient (Wildman–Crippen LogP) is 5.82. The van der Waals surface area contributed by atoms with Crippen molar-refractivity contribution < 1.29 is 4.74 Å². The smallest absolute Gasteiger partial charge is 0.124 e. The number of ether oxygens (including phenoxy) is 1. The molecule has 21 heavy (non-hydrogen) atoms. The summed E-state index contributed by atoms with van der Waals surface area (Å²) in [6, 6.07) is 10.8. The number of benzene rings is 2. The van der Waals surface area contributed by atoms with Crippen LogP contribution in [0, 0.1) is 0 Å². The molecule has 0 radical (unpaired) electrons. The molecular weight excluding hydrogens is 329 g/mol. The second-order valence-electron chi connectivity index (χ2n) is 4.33. The fourth-order valence-electron chi connectivity index (χ4n) is 1.80. The zero-order chi connectivity index (χ0) is 15.2. The molecule has 0 saturated heterocycles. The maximum absolute atomic E-state index is 6.13. The Balaban J connectivity index is 2.14. The van der Waals surface area contributed by atoms with Crippen LogP contribution < -0.4 is 10.1 Å². The number of halogens is 3. The van der Waals surface area contributed by atoms with Crippen molar-refractivity contribution in [2.45, 2.75) is 6.54 Å². The van der Waals surface area contributed by atoms with Crippen molar-refractivity contribution in [3.05, 3.63) is 69.7 Å². The summed E-state index contributed by atoms with van der Waals surface area (Å²) in [4.78, 5) is 0. The third kappa shape index (κ3) is 4.57. The van der Waals surface area contributed by atoms with E-state index in [0.717, 1.165) is 17.0 Å². The van der Waals surface area contributed by atoms with Gasteiger partial charge in [-0.15, -0.1) is 0 Å². The molecule has 0 aromatic heterocycles. The average Bonchev–Trinajstić information content (AvgIpc) is 2.45. The van der Waals surface area contributed by atoms with Crippen molar-refractivity contribution in [1.29, 1.82) is 0 Å². The van der Waals surface area contributed by atoms with Crippen LogP contribution in [0.25, 0.3) is 0 Å². The maximum Gasteiger partial charge on any atom is 0.124 e. The summed E-state index contributed by atoms with van der Waals surface area (Å²) in [6.07, 6.45) is 1.70. The van der Waals surface area contributed by atoms with Gasteiger partial charge < -0.3 is 10.1 Å². The van der Waals surface area contributed by atoms with E-state index in [1.807, 2.05) is 18.2 Å². The average molecular weight is 343 g/mol. The largest absolute Gasteiger partial charge is 0.489 e. The van der Waals surface area contributed by atoms with E-state index >= 15 is 0 Å². The van der Waals surface area contributed by atoms with E-state index in [9.17, 15) is 0 Å². The van der Waals surface area contributed by atoms with Gasteiger partial charge in [-0.2, -0.15) is 0 Å². The first-order chi connectivity index (χ1) is 10.1. The fourth-order valence-corrected chi connectivity index (χ4v) is 2.47. The van der Waals surface area contributed by atoms with E-state index in [0.29, 0.717) is 28.2 Å². The van der Waals surface area contributed by atoms with Gasteiger partial charge in [0.05, 0.1) is 10.7 Å². The van der Waals surface area contributed by atoms with Crippen LogP contribution in [-0.4, -0.2) is 6.61 Å². The second-order valence-corrected chi connectivity index (χ2v) is 5.61. The first-order valence-electron chi connectivity index (χ1n) is 6.31. The lowest BCUT2D eigenvalue weighted by molar-refractivity contribution is 0.359. The van der Waals surface area contributed by atoms with Gasteiger partial charge in [0, 0.05) is 22.2 Å². The van der Waals surface area contributed by atoms with Gasteiger partial charge >= 0.3 is 0 Å². The van der Waals surface area contributed by atoms with Gasteiger partial charge in [0.25, 0.3) is 0 Å². The van der Waals surface area contributed by atoms with Gasteiger partial charge in [0.1, 0.15) is 12.4 Å². The molecule has 0 atom stereocenters. The summed E-state index contributed by atoms with van der Waals surface area (Å²) < 4.78 is 5.61. The summed E-state index contributed by atoms with van der Waals surface area (Å²) in [5.74, 6) is 0.761. The van der Waals surface area contributed by atoms with Crippen molar-refractivity contribution in [3.8, 4) is 5.75 Å². The highest BCUT2D eigenvalue weighted by Gasteiger charge is 2.06. The van der Waals surface area contributed by atoms with Gasteiger partial charge in [0.2, 0.25) is 0 Å². The van der Waals surface area contributed by atoms with Crippen molar-refractivity contribution in [2.24, 2.45) is 0 Å². The zero-order valence-electron chi connectivity index (χ0n) is 11.2. The Kier molecular flexibility index (Phi) is 5.80. The van der Waals surface area contributed by atoms with Gasteiger partial charge in [-0.25, -0.2) is 0 Å². The molecule has 0 aliphatic carbocycles. The summed E-state index contributed by atoms with van der Waals surface area (Å²) in [6.45, 7) is 4.62. The van der Waals surface area contributed by atoms with Crippen LogP contribution in [0.15, 0.2) is 49.1 Å². The Morgan fingerprint density at radius 1 is 1.05 bits per heavy atom. The molecule has 5 heteroatoms. The minimum absolute atomic E-state index is 0.441. The lowest BCUT2D eigenvalue weighted by Gasteiger charge is -2.13. The first kappa shape index (κ1) is 16.0. The molecule has 2 nitrogen and oxygen atoms in total. The predicted molar refractivity (Wildman–Crippen MR) is 90.9 cm³/mol. The summed E-state index contributed by atoms with van der Waals surface area (Å²) in [5.41, 5.74) is 1.74. The van der Waals surface area contributed by atoms with Gasteiger partial charge in [0.15, 0.2) is 0 Å². The lowest BCUT2D eigenvalue weighted by Crippen LogP contribution is -2.04. The number of hydrogen-bond donors (Lipinski definition) is 1. The van der Waals surface area contributed by atoms with Crippen LogP contribution in [0.2, 0.25) is 15.1 Å². The number of rotatable bonds is 6. The lowest BCUT2D eigenvalue weighted by atomic mass is 10.2. The SMILES string of the molecule is C=CCOc1ccc(Cl)cc1CNc1ccc(Cl)cc1Cl. The molecule has 2 aromatic rings. The Hall–Kier alpha value is -1.35. The van der Waals surface area contributed by atoms with Crippen molar-refractivity contribution in [1.82, 2.24) is 0 Å². The second kappa shape index (κ2) is 7.60. The zero-order valence-corrected chi connectivity index (χ0v) is 13.5. The number of nitrogens with one attached hydrogen (secondary N) is 1. The molecule has 2 aromatic carbocycles. The van der Waals surface area contributed by atoms with Crippen LogP contribution in [0.1, 0.15) is 5.56 Å². The Labute approximate surface area is 139 Å². The Bertz CT molecular complexity index is 643. The Morgan fingerprint density at radius 2 is 1.76 bits per heavy atom. The summed E-state index contributed by atoms with van der Waals surface area (Å²) >= 11 is 18.0. The monoisotopic (exact) mass is 341 g/mol. The standard InChI is InChI=1S/C16H14Cl3NO/c1-2-7-21-16-6-4-12(17)8-11(16)10-20-15-5-3-13(18)9-14(15)19/h2-6,8-9,20H,1,7,10H2. The van der Waals surface area contributed by atoms with E-state index in [-0.39, 0.29) is 0 Å². The first-order valence-corrected chi connectivity index (χ1v) is 7.44. The highest BCUT2D eigenvalue weighted by Crippen LogP contribution is 2.28. The van der Waals surface area contributed by atoms with E-state index < -0.39 is 0 Å². The molecule has 0 aliphatic heterocycles. The van der Waals surface area contributed by atoms with E-state index in [4.69, 9.17) is 39.5 Å². The van der Waals surface area contributed by atoms with Gasteiger partial charge in [-0.1, -0.05) is 47.5 Å². The molecule has 110 valence electrons. The van der Waals surface area contributed by atoms with Crippen LogP contribution >= 0.6 is 34.8 Å². The van der Waals surface area contributed by atoms with E-state index in [2.05, 4.69) is 11.9 Å². The molecule has 0 bridgehead atoms. The molecule has 0 saturated carbocycles. The molecule has 0 fully saturated rings. The highest BCUT2D eigenvalue weighted by molar-refractivity contribution is 6.36. The third-order valence-electron chi connectivity index (χ3n) is 2.78. The maximum atomic E-state index is 6.13. The quantitative estimate of drug-likeness (QED) is 0.667. The van der Waals surface area contributed by atoms with Crippen molar-refractivity contribution >= 4 is 40.5 Å². The van der Waals surface area contributed by atoms with Crippen molar-refractivity contribution in [2.75, 3.05) is 11.9 Å². The van der Waals surface area contributed by atoms with E-state index in [1.165, 1.54) is 0 Å². The molecular formula is C16H14Cl3NO. The molecule has 0 amide bonds. The Morgan fingerprint density at radius 3 is 2.48 bits per heavy atom. The van der Waals surface area contributed by atoms with Crippen LogP contribution in [0.5, 0.6) is 5.75 Å². The van der Waals surface area contributed by atoms with Crippen molar-refractivity contribution in [3.63, 3.8) is 0 Å². The minimum atomic E-state index is 0.441. The molecule has 2 rings (SSSR count). The fraction of sp³-hybridized carbons (Fsp3) is 0.125. The number of hydrogen-bond acceptors (Lipinski definition) is 2. The number of anilines is 1. The normalized spacial score (nSPS) is 10.2. The third-order valence-corrected chi connectivity index (χ3v) is 3.56. The van der Waals surface area contributed by atoms with Crippen LogP contribution in [-0.2, 0) is 6.54 Å². The summed E-state index contributed by atoms with van der Waals surface area (Å²) in [5, 5.41) is 5.07. The molecule has 1 N–H and O–H groups in total. The van der Waals surface area contributed by atoms with Gasteiger partial charge in [-0.05, 0) is 36.4 Å². The van der Waals surface area contributed by atoms with E-state index in [1.54, 1.807) is 24.3 Å².